The summed E-state index contributed by atoms with van der Waals surface area (Å²) < 4.78 is -0.476. The highest BCUT2D eigenvalue weighted by molar-refractivity contribution is 5.77. The van der Waals surface area contributed by atoms with Gasteiger partial charge in [0.05, 0.1) is 6.54 Å². The maximum absolute atomic E-state index is 11.8. The van der Waals surface area contributed by atoms with Crippen LogP contribution in [0.3, 0.4) is 0 Å². The molecule has 0 aliphatic rings. The minimum absolute atomic E-state index is 0.227. The summed E-state index contributed by atoms with van der Waals surface area (Å²) in [6, 6.07) is -3.36. The molecule has 0 aromatic carbocycles. The van der Waals surface area contributed by atoms with Gasteiger partial charge in [-0.15, -0.1) is 0 Å². The number of aliphatic carboxylic acids is 3. The Morgan fingerprint density at radius 3 is 1.11 bits per heavy atom. The molecular weight excluding hydrogens is 482 g/mol. The number of allylic oxidation sites excluding steroid dienone is 2. The first-order valence-electron chi connectivity index (χ1n) is 15.3. The first-order valence-corrected chi connectivity index (χ1v) is 15.3. The molecule has 0 bridgehead atoms. The van der Waals surface area contributed by atoms with E-state index in [0.29, 0.717) is 6.42 Å². The van der Waals surface area contributed by atoms with E-state index in [1.54, 1.807) is 0 Å². The maximum Gasteiger partial charge on any atom is 0.362 e. The number of hydrogen-bond donors (Lipinski definition) is 3. The van der Waals surface area contributed by atoms with Crippen LogP contribution in [0.15, 0.2) is 12.2 Å². The molecule has 0 aliphatic carbocycles. The summed E-state index contributed by atoms with van der Waals surface area (Å²) >= 11 is 0. The fourth-order valence-corrected chi connectivity index (χ4v) is 5.61. The summed E-state index contributed by atoms with van der Waals surface area (Å²) in [6.45, 7) is 6.69. The van der Waals surface area contributed by atoms with Gasteiger partial charge >= 0.3 is 17.9 Å². The quantitative estimate of drug-likeness (QED) is 0.0586. The number of hydrogen-bond acceptors (Lipinski definition) is 3. The van der Waals surface area contributed by atoms with Crippen molar-refractivity contribution in [2.24, 2.45) is 0 Å². The largest absolute Gasteiger partial charge is 0.477 e. The van der Waals surface area contributed by atoms with E-state index in [1.807, 2.05) is 0 Å². The Balaban J connectivity index is 4.05. The van der Waals surface area contributed by atoms with E-state index in [0.717, 1.165) is 25.7 Å². The van der Waals surface area contributed by atoms with Crippen LogP contribution in [0.1, 0.15) is 143 Å². The monoisotopic (exact) mass is 540 g/mol. The Bertz CT molecular complexity index is 627. The molecule has 7 nitrogen and oxygen atoms in total. The molecule has 0 aliphatic heterocycles. The highest BCUT2D eigenvalue weighted by Crippen LogP contribution is 2.27. The fourth-order valence-electron chi connectivity index (χ4n) is 5.61. The average molecular weight is 541 g/mol. The van der Waals surface area contributed by atoms with Crippen LogP contribution >= 0.6 is 0 Å². The van der Waals surface area contributed by atoms with Crippen molar-refractivity contribution in [1.82, 2.24) is 0 Å². The van der Waals surface area contributed by atoms with Gasteiger partial charge in [-0.25, -0.2) is 14.4 Å². The predicted octanol–water partition coefficient (Wildman–Crippen LogP) is 7.82. The van der Waals surface area contributed by atoms with Crippen LogP contribution in [0, 0.1) is 0 Å². The number of rotatable bonds is 26. The van der Waals surface area contributed by atoms with Crippen molar-refractivity contribution in [3.8, 4) is 0 Å². The molecule has 0 radical (unpaired) electrons. The van der Waals surface area contributed by atoms with E-state index in [4.69, 9.17) is 0 Å². The Kier molecular flexibility index (Phi) is 20.9. The van der Waals surface area contributed by atoms with E-state index in [-0.39, 0.29) is 6.54 Å². The molecule has 38 heavy (non-hydrogen) atoms. The van der Waals surface area contributed by atoms with Crippen molar-refractivity contribution >= 4 is 17.9 Å². The second kappa shape index (κ2) is 22.0. The van der Waals surface area contributed by atoms with Gasteiger partial charge < -0.3 is 15.3 Å². The highest BCUT2D eigenvalue weighted by Gasteiger charge is 2.52. The van der Waals surface area contributed by atoms with Crippen LogP contribution in [0.4, 0.5) is 0 Å². The minimum Gasteiger partial charge on any atom is -0.477 e. The molecular formula is C31H58NO6+. The maximum atomic E-state index is 11.8. The van der Waals surface area contributed by atoms with E-state index >= 15 is 0 Å². The van der Waals surface area contributed by atoms with Crippen LogP contribution in [-0.4, -0.2) is 62.4 Å². The first-order chi connectivity index (χ1) is 18.1. The summed E-state index contributed by atoms with van der Waals surface area (Å²) in [5.41, 5.74) is 0. The normalized spacial score (nSPS) is 15.7. The fraction of sp³-hybridized carbons (Fsp3) is 0.839. The topological polar surface area (TPSA) is 112 Å². The number of carbonyl (C=O) groups is 3. The SMILES string of the molecule is CC/C=C/CCCCCCCCCCCCCCCCCC[N+](C(C)C(=O)O)(C(C)C(=O)O)C(C)C(=O)O. The molecule has 0 saturated heterocycles. The number of nitrogens with zero attached hydrogens (tertiary/aromatic N) is 1. The average Bonchev–Trinajstić information content (AvgIpc) is 2.88. The lowest BCUT2D eigenvalue weighted by Crippen LogP contribution is -2.70. The van der Waals surface area contributed by atoms with Crippen molar-refractivity contribution in [3.05, 3.63) is 12.2 Å². The second-order valence-corrected chi connectivity index (χ2v) is 11.1. The lowest BCUT2D eigenvalue weighted by molar-refractivity contribution is -0.968. The molecule has 222 valence electrons. The van der Waals surface area contributed by atoms with Gasteiger partial charge in [0.25, 0.3) is 0 Å². The molecule has 0 fully saturated rings. The van der Waals surface area contributed by atoms with Gasteiger partial charge in [-0.3, -0.25) is 4.48 Å². The highest BCUT2D eigenvalue weighted by atomic mass is 16.4. The second-order valence-electron chi connectivity index (χ2n) is 11.1. The molecule has 0 saturated carbocycles. The van der Waals surface area contributed by atoms with E-state index in [1.165, 1.54) is 104 Å². The van der Waals surface area contributed by atoms with Crippen LogP contribution in [0.2, 0.25) is 0 Å². The molecule has 3 unspecified atom stereocenters. The lowest BCUT2D eigenvalue weighted by Gasteiger charge is -2.47. The van der Waals surface area contributed by atoms with Gasteiger partial charge in [-0.1, -0.05) is 103 Å². The molecule has 0 aromatic rings. The van der Waals surface area contributed by atoms with Gasteiger partial charge in [0.15, 0.2) is 18.1 Å². The van der Waals surface area contributed by atoms with Gasteiger partial charge in [0.1, 0.15) is 0 Å². The summed E-state index contributed by atoms with van der Waals surface area (Å²) in [5.74, 6) is -3.51. The van der Waals surface area contributed by atoms with Crippen LogP contribution in [0.5, 0.6) is 0 Å². The standard InChI is InChI=1S/C31H57NO6/c1-5-6-7-8-9-10-11-12-13-14-15-16-17-18-19-20-21-22-23-24-25-32(26(2)29(33)34,27(3)30(35)36)28(4)31(37)38/h6-7,26-28H,5,8-25H2,1-4H3,(H2-,33,34,35,36,37,38)/p+1/b7-6+. The number of carboxylic acids is 3. The molecule has 3 atom stereocenters. The van der Waals surface area contributed by atoms with Crippen molar-refractivity contribution in [2.75, 3.05) is 6.54 Å². The zero-order chi connectivity index (χ0) is 28.8. The van der Waals surface area contributed by atoms with Crippen molar-refractivity contribution in [1.29, 1.82) is 0 Å². The summed E-state index contributed by atoms with van der Waals surface area (Å²) in [5, 5.41) is 28.9. The third-order valence-corrected chi connectivity index (χ3v) is 8.30. The zero-order valence-electron chi connectivity index (χ0n) is 24.8. The Hall–Kier alpha value is -1.89. The van der Waals surface area contributed by atoms with Gasteiger partial charge in [-0.2, -0.15) is 0 Å². The van der Waals surface area contributed by atoms with Crippen molar-refractivity contribution in [2.45, 2.75) is 161 Å². The number of quaternary nitrogens is 1. The Labute approximate surface area is 232 Å². The number of carboxylic acid groups (broad SMARTS) is 3. The van der Waals surface area contributed by atoms with Crippen molar-refractivity contribution < 1.29 is 34.2 Å². The summed E-state index contributed by atoms with van der Waals surface area (Å²) in [6.07, 6.45) is 26.3. The summed E-state index contributed by atoms with van der Waals surface area (Å²) in [7, 11) is 0. The Morgan fingerprint density at radius 1 is 0.526 bits per heavy atom. The van der Waals surface area contributed by atoms with Crippen LogP contribution in [0.25, 0.3) is 0 Å². The van der Waals surface area contributed by atoms with Gasteiger partial charge in [-0.05, 0) is 52.9 Å². The third-order valence-electron chi connectivity index (χ3n) is 8.30. The molecule has 3 N–H and O–H groups in total. The molecule has 0 aromatic heterocycles. The van der Waals surface area contributed by atoms with Crippen LogP contribution in [-0.2, 0) is 14.4 Å². The molecule has 7 heteroatoms. The van der Waals surface area contributed by atoms with E-state index in [2.05, 4.69) is 19.1 Å². The van der Waals surface area contributed by atoms with E-state index < -0.39 is 40.5 Å². The molecule has 0 amide bonds. The predicted molar refractivity (Wildman–Crippen MR) is 154 cm³/mol. The minimum atomic E-state index is -1.17. The zero-order valence-corrected chi connectivity index (χ0v) is 24.8. The summed E-state index contributed by atoms with van der Waals surface area (Å²) in [4.78, 5) is 35.4. The van der Waals surface area contributed by atoms with Crippen molar-refractivity contribution in [3.63, 3.8) is 0 Å². The van der Waals surface area contributed by atoms with Gasteiger partial charge in [0, 0.05) is 0 Å². The lowest BCUT2D eigenvalue weighted by atomic mass is 9.99. The molecule has 0 spiro atoms. The molecule has 0 rings (SSSR count). The third kappa shape index (κ3) is 14.3. The molecule has 0 heterocycles. The number of unbranched alkanes of at least 4 members (excludes halogenated alkanes) is 16. The van der Waals surface area contributed by atoms with Crippen LogP contribution < -0.4 is 0 Å². The van der Waals surface area contributed by atoms with Gasteiger partial charge in [0.2, 0.25) is 0 Å². The Morgan fingerprint density at radius 2 is 0.816 bits per heavy atom. The van der Waals surface area contributed by atoms with E-state index in [9.17, 15) is 29.7 Å². The smallest absolute Gasteiger partial charge is 0.362 e. The first kappa shape index (κ1) is 36.1.